The molecule has 1 saturated heterocycles. The second-order valence-electron chi connectivity index (χ2n) is 6.65. The van der Waals surface area contributed by atoms with Crippen LogP contribution in [-0.2, 0) is 16.0 Å². The van der Waals surface area contributed by atoms with Crippen molar-refractivity contribution in [2.75, 3.05) is 16.9 Å². The number of para-hydroxylation sites is 1. The minimum atomic E-state index is -1.00. The molecule has 2 N–H and O–H groups in total. The van der Waals surface area contributed by atoms with Crippen molar-refractivity contribution >= 4 is 35.2 Å². The van der Waals surface area contributed by atoms with Gasteiger partial charge in [0, 0.05) is 17.9 Å². The molecule has 2 aromatic carbocycles. The van der Waals surface area contributed by atoms with Gasteiger partial charge in [0.2, 0.25) is 11.8 Å². The zero-order valence-corrected chi connectivity index (χ0v) is 16.4. The number of carbonyl (C=O) groups is 3. The number of hydrogen-bond acceptors (Lipinski definition) is 4. The van der Waals surface area contributed by atoms with Crippen molar-refractivity contribution in [3.63, 3.8) is 0 Å². The van der Waals surface area contributed by atoms with Crippen molar-refractivity contribution in [1.82, 2.24) is 4.90 Å². The fourth-order valence-electron chi connectivity index (χ4n) is 3.17. The standard InChI is InChI=1S/C21H22N2O4S/c1-14-6-2-5-9-17(14)22-20(25)18-12-28-13-23(18)19(24)11-10-15-7-3-4-8-16(15)21(26)27/h2-9,18H,10-13H2,1H3,(H,22,25)(H,26,27). The summed E-state index contributed by atoms with van der Waals surface area (Å²) in [5.74, 6) is -0.329. The topological polar surface area (TPSA) is 86.7 Å². The molecule has 0 bridgehead atoms. The van der Waals surface area contributed by atoms with Crippen LogP contribution < -0.4 is 5.32 Å². The number of aryl methyl sites for hydroxylation is 2. The predicted octanol–water partition coefficient (Wildman–Crippen LogP) is 3.17. The molecule has 28 heavy (non-hydrogen) atoms. The molecular formula is C21H22N2O4S. The molecule has 1 unspecified atom stereocenters. The van der Waals surface area contributed by atoms with Gasteiger partial charge in [-0.3, -0.25) is 9.59 Å². The fraction of sp³-hybridized carbons (Fsp3) is 0.286. The van der Waals surface area contributed by atoms with Crippen molar-refractivity contribution in [2.24, 2.45) is 0 Å². The van der Waals surface area contributed by atoms with Crippen LogP contribution in [-0.4, -0.2) is 45.5 Å². The molecule has 3 rings (SSSR count). The van der Waals surface area contributed by atoms with Gasteiger partial charge in [-0.15, -0.1) is 11.8 Å². The minimum absolute atomic E-state index is 0.143. The smallest absolute Gasteiger partial charge is 0.335 e. The summed E-state index contributed by atoms with van der Waals surface area (Å²) in [4.78, 5) is 38.3. The number of benzene rings is 2. The fourth-order valence-corrected chi connectivity index (χ4v) is 4.35. The summed E-state index contributed by atoms with van der Waals surface area (Å²) < 4.78 is 0. The van der Waals surface area contributed by atoms with Crippen LogP contribution in [0.15, 0.2) is 48.5 Å². The van der Waals surface area contributed by atoms with E-state index in [1.54, 1.807) is 34.9 Å². The zero-order valence-electron chi connectivity index (χ0n) is 15.6. The van der Waals surface area contributed by atoms with Crippen molar-refractivity contribution in [3.8, 4) is 0 Å². The third-order valence-corrected chi connectivity index (χ3v) is 5.78. The molecule has 1 aliphatic heterocycles. The minimum Gasteiger partial charge on any atom is -0.478 e. The summed E-state index contributed by atoms with van der Waals surface area (Å²) in [6, 6.07) is 13.7. The van der Waals surface area contributed by atoms with E-state index in [-0.39, 0.29) is 23.8 Å². The number of carboxylic acid groups (broad SMARTS) is 1. The van der Waals surface area contributed by atoms with Crippen molar-refractivity contribution in [2.45, 2.75) is 25.8 Å². The van der Waals surface area contributed by atoms with Crippen LogP contribution >= 0.6 is 11.8 Å². The molecule has 1 heterocycles. The largest absolute Gasteiger partial charge is 0.478 e. The Morgan fingerprint density at radius 1 is 1.14 bits per heavy atom. The number of nitrogens with zero attached hydrogens (tertiary/aromatic N) is 1. The predicted molar refractivity (Wildman–Crippen MR) is 109 cm³/mol. The molecule has 0 radical (unpaired) electrons. The van der Waals surface area contributed by atoms with Gasteiger partial charge in [0.05, 0.1) is 11.4 Å². The molecule has 2 amide bonds. The summed E-state index contributed by atoms with van der Waals surface area (Å²) in [6.07, 6.45) is 0.494. The Balaban J connectivity index is 1.64. The maximum atomic E-state index is 12.7. The molecule has 0 aliphatic carbocycles. The summed E-state index contributed by atoms with van der Waals surface area (Å²) in [5, 5.41) is 12.2. The van der Waals surface area contributed by atoms with Crippen LogP contribution in [0.2, 0.25) is 0 Å². The quantitative estimate of drug-likeness (QED) is 0.781. The maximum Gasteiger partial charge on any atom is 0.335 e. The first-order valence-corrected chi connectivity index (χ1v) is 10.2. The van der Waals surface area contributed by atoms with E-state index in [0.29, 0.717) is 23.6 Å². The number of aromatic carboxylic acids is 1. The normalized spacial score (nSPS) is 16.0. The third kappa shape index (κ3) is 4.54. The van der Waals surface area contributed by atoms with E-state index in [1.807, 2.05) is 31.2 Å². The highest BCUT2D eigenvalue weighted by Crippen LogP contribution is 2.24. The van der Waals surface area contributed by atoms with E-state index in [2.05, 4.69) is 5.32 Å². The number of carboxylic acids is 1. The maximum absolute atomic E-state index is 12.7. The second kappa shape index (κ2) is 8.93. The van der Waals surface area contributed by atoms with E-state index >= 15 is 0 Å². The van der Waals surface area contributed by atoms with E-state index < -0.39 is 12.0 Å². The molecule has 2 aromatic rings. The van der Waals surface area contributed by atoms with Crippen LogP contribution in [0, 0.1) is 6.92 Å². The highest BCUT2D eigenvalue weighted by molar-refractivity contribution is 7.99. The van der Waals surface area contributed by atoms with Gasteiger partial charge >= 0.3 is 5.97 Å². The summed E-state index contributed by atoms with van der Waals surface area (Å²) in [7, 11) is 0. The second-order valence-corrected chi connectivity index (χ2v) is 7.65. The molecule has 1 aliphatic rings. The van der Waals surface area contributed by atoms with Crippen molar-refractivity contribution in [1.29, 1.82) is 0 Å². The number of hydrogen-bond donors (Lipinski definition) is 2. The van der Waals surface area contributed by atoms with E-state index in [9.17, 15) is 19.5 Å². The Hall–Kier alpha value is -2.80. The van der Waals surface area contributed by atoms with E-state index in [1.165, 1.54) is 6.07 Å². The van der Waals surface area contributed by atoms with Crippen LogP contribution in [0.3, 0.4) is 0 Å². The molecule has 0 aromatic heterocycles. The van der Waals surface area contributed by atoms with E-state index in [0.717, 1.165) is 11.3 Å². The number of amides is 2. The Bertz CT molecular complexity index is 899. The van der Waals surface area contributed by atoms with Gasteiger partial charge in [0.1, 0.15) is 6.04 Å². The van der Waals surface area contributed by atoms with Crippen LogP contribution in [0.25, 0.3) is 0 Å². The zero-order chi connectivity index (χ0) is 20.1. The molecule has 146 valence electrons. The highest BCUT2D eigenvalue weighted by Gasteiger charge is 2.34. The molecule has 0 saturated carbocycles. The Morgan fingerprint density at radius 3 is 2.61 bits per heavy atom. The first-order valence-electron chi connectivity index (χ1n) is 9.02. The average molecular weight is 398 g/mol. The third-order valence-electron chi connectivity index (χ3n) is 4.76. The summed E-state index contributed by atoms with van der Waals surface area (Å²) in [5.41, 5.74) is 2.54. The Kier molecular flexibility index (Phi) is 6.36. The molecule has 1 fully saturated rings. The van der Waals surface area contributed by atoms with Gasteiger partial charge in [-0.05, 0) is 36.6 Å². The van der Waals surface area contributed by atoms with Gasteiger partial charge in [-0.25, -0.2) is 4.79 Å². The first kappa shape index (κ1) is 19.9. The SMILES string of the molecule is Cc1ccccc1NC(=O)C1CSCN1C(=O)CCc1ccccc1C(=O)O. The van der Waals surface area contributed by atoms with Crippen LogP contribution in [0.4, 0.5) is 5.69 Å². The van der Waals surface area contributed by atoms with Crippen molar-refractivity contribution in [3.05, 3.63) is 65.2 Å². The lowest BCUT2D eigenvalue weighted by Gasteiger charge is -2.23. The Morgan fingerprint density at radius 2 is 1.86 bits per heavy atom. The number of anilines is 1. The van der Waals surface area contributed by atoms with E-state index in [4.69, 9.17) is 0 Å². The lowest BCUT2D eigenvalue weighted by Crippen LogP contribution is -2.44. The number of thioether (sulfide) groups is 1. The van der Waals surface area contributed by atoms with Crippen molar-refractivity contribution < 1.29 is 19.5 Å². The van der Waals surface area contributed by atoms with Gasteiger partial charge < -0.3 is 15.3 Å². The average Bonchev–Trinajstić information content (AvgIpc) is 3.18. The molecule has 6 nitrogen and oxygen atoms in total. The lowest BCUT2D eigenvalue weighted by molar-refractivity contribution is -0.136. The molecule has 0 spiro atoms. The van der Waals surface area contributed by atoms with Gasteiger partial charge in [0.15, 0.2) is 0 Å². The number of carbonyl (C=O) groups excluding carboxylic acids is 2. The van der Waals surface area contributed by atoms with Gasteiger partial charge in [-0.1, -0.05) is 36.4 Å². The highest BCUT2D eigenvalue weighted by atomic mass is 32.2. The van der Waals surface area contributed by atoms with Crippen LogP contribution in [0.5, 0.6) is 0 Å². The molecular weight excluding hydrogens is 376 g/mol. The van der Waals surface area contributed by atoms with Crippen LogP contribution in [0.1, 0.15) is 27.9 Å². The summed E-state index contributed by atoms with van der Waals surface area (Å²) >= 11 is 1.54. The monoisotopic (exact) mass is 398 g/mol. The molecule has 1 atom stereocenters. The lowest BCUT2D eigenvalue weighted by atomic mass is 10.0. The van der Waals surface area contributed by atoms with Gasteiger partial charge in [0.25, 0.3) is 0 Å². The van der Waals surface area contributed by atoms with Gasteiger partial charge in [-0.2, -0.15) is 0 Å². The number of nitrogens with one attached hydrogen (secondary N) is 1. The first-order chi connectivity index (χ1) is 13.5. The Labute approximate surface area is 167 Å². The summed E-state index contributed by atoms with van der Waals surface area (Å²) in [6.45, 7) is 1.92. The number of rotatable bonds is 6. The molecule has 7 heteroatoms.